The van der Waals surface area contributed by atoms with Crippen LogP contribution in [-0.4, -0.2) is 38.1 Å². The fourth-order valence-corrected chi connectivity index (χ4v) is 3.62. The lowest BCUT2D eigenvalue weighted by Crippen LogP contribution is -2.17. The SMILES string of the molecule is CCOc1ccccc1NC(=O)CSc1n[nH]c(=O)c2cc(-c3ccc(F)cc3)nn12. The van der Waals surface area contributed by atoms with Crippen molar-refractivity contribution in [2.75, 3.05) is 17.7 Å². The number of carbonyl (C=O) groups excluding carboxylic acids is 1. The van der Waals surface area contributed by atoms with Crippen LogP contribution in [0.5, 0.6) is 5.75 Å². The normalized spacial score (nSPS) is 10.9. The number of H-pyrrole nitrogens is 1. The summed E-state index contributed by atoms with van der Waals surface area (Å²) in [5.41, 5.74) is 1.59. The molecular formula is C21H18FN5O3S. The number of hydrogen-bond donors (Lipinski definition) is 2. The summed E-state index contributed by atoms with van der Waals surface area (Å²) in [6.45, 7) is 2.35. The molecule has 0 atom stereocenters. The summed E-state index contributed by atoms with van der Waals surface area (Å²) in [6.07, 6.45) is 0. The molecule has 31 heavy (non-hydrogen) atoms. The van der Waals surface area contributed by atoms with E-state index in [1.54, 1.807) is 36.4 Å². The molecule has 8 nitrogen and oxygen atoms in total. The van der Waals surface area contributed by atoms with Gasteiger partial charge in [0.1, 0.15) is 17.1 Å². The zero-order chi connectivity index (χ0) is 21.8. The number of benzene rings is 2. The lowest BCUT2D eigenvalue weighted by Gasteiger charge is -2.11. The second-order valence-electron chi connectivity index (χ2n) is 6.43. The van der Waals surface area contributed by atoms with Crippen molar-refractivity contribution in [3.63, 3.8) is 0 Å². The van der Waals surface area contributed by atoms with Gasteiger partial charge in [-0.25, -0.2) is 14.0 Å². The Morgan fingerprint density at radius 1 is 1.23 bits per heavy atom. The molecule has 0 saturated heterocycles. The van der Waals surface area contributed by atoms with Crippen LogP contribution in [0.1, 0.15) is 6.92 Å². The highest BCUT2D eigenvalue weighted by molar-refractivity contribution is 7.99. The van der Waals surface area contributed by atoms with Crippen LogP contribution in [-0.2, 0) is 4.79 Å². The zero-order valence-electron chi connectivity index (χ0n) is 16.5. The summed E-state index contributed by atoms with van der Waals surface area (Å²) in [5, 5.41) is 14.0. The van der Waals surface area contributed by atoms with Crippen molar-refractivity contribution in [1.29, 1.82) is 0 Å². The van der Waals surface area contributed by atoms with Crippen LogP contribution in [0.4, 0.5) is 10.1 Å². The van der Waals surface area contributed by atoms with Crippen LogP contribution >= 0.6 is 11.8 Å². The van der Waals surface area contributed by atoms with E-state index in [4.69, 9.17) is 4.74 Å². The number of para-hydroxylation sites is 2. The van der Waals surface area contributed by atoms with Gasteiger partial charge in [-0.3, -0.25) is 9.59 Å². The number of anilines is 1. The largest absolute Gasteiger partial charge is 0.492 e. The van der Waals surface area contributed by atoms with Gasteiger partial charge in [0.2, 0.25) is 11.1 Å². The third kappa shape index (κ3) is 4.58. The lowest BCUT2D eigenvalue weighted by atomic mass is 10.1. The Morgan fingerprint density at radius 2 is 2.00 bits per heavy atom. The molecule has 0 aliphatic rings. The standard InChI is InChI=1S/C21H18FN5O3S/c1-2-30-18-6-4-3-5-15(18)23-19(28)12-31-21-25-24-20(29)17-11-16(26-27(17)21)13-7-9-14(22)10-8-13/h3-11H,2,12H2,1H3,(H,23,28)(H,24,29). The third-order valence-electron chi connectivity index (χ3n) is 4.31. The molecule has 10 heteroatoms. The van der Waals surface area contributed by atoms with Crippen molar-refractivity contribution in [3.05, 3.63) is 70.8 Å². The number of aromatic nitrogens is 4. The summed E-state index contributed by atoms with van der Waals surface area (Å²) < 4.78 is 20.1. The van der Waals surface area contributed by atoms with E-state index in [2.05, 4.69) is 20.6 Å². The maximum Gasteiger partial charge on any atom is 0.290 e. The Morgan fingerprint density at radius 3 is 2.77 bits per heavy atom. The molecule has 0 radical (unpaired) electrons. The van der Waals surface area contributed by atoms with Gasteiger partial charge in [0, 0.05) is 5.56 Å². The van der Waals surface area contributed by atoms with Gasteiger partial charge in [-0.15, -0.1) is 5.10 Å². The molecule has 2 heterocycles. The van der Waals surface area contributed by atoms with Crippen LogP contribution in [0.15, 0.2) is 64.5 Å². The average molecular weight is 439 g/mol. The van der Waals surface area contributed by atoms with Gasteiger partial charge in [-0.05, 0) is 49.4 Å². The Kier molecular flexibility index (Phi) is 5.99. The first-order valence-corrected chi connectivity index (χ1v) is 10.4. The zero-order valence-corrected chi connectivity index (χ0v) is 17.3. The van der Waals surface area contributed by atoms with Crippen molar-refractivity contribution in [1.82, 2.24) is 19.8 Å². The number of rotatable bonds is 7. The van der Waals surface area contributed by atoms with E-state index >= 15 is 0 Å². The fourth-order valence-electron chi connectivity index (χ4n) is 2.91. The van der Waals surface area contributed by atoms with Crippen molar-refractivity contribution < 1.29 is 13.9 Å². The van der Waals surface area contributed by atoms with E-state index < -0.39 is 5.56 Å². The van der Waals surface area contributed by atoms with E-state index in [-0.39, 0.29) is 23.0 Å². The van der Waals surface area contributed by atoms with E-state index in [0.717, 1.165) is 11.8 Å². The molecule has 2 aromatic carbocycles. The number of aromatic amines is 1. The van der Waals surface area contributed by atoms with E-state index in [0.29, 0.717) is 34.5 Å². The number of thioether (sulfide) groups is 1. The van der Waals surface area contributed by atoms with E-state index in [9.17, 15) is 14.0 Å². The number of nitrogens with one attached hydrogen (secondary N) is 2. The predicted molar refractivity (Wildman–Crippen MR) is 116 cm³/mol. The number of hydrogen-bond acceptors (Lipinski definition) is 6. The number of fused-ring (bicyclic) bond motifs is 1. The summed E-state index contributed by atoms with van der Waals surface area (Å²) in [7, 11) is 0. The highest BCUT2D eigenvalue weighted by Crippen LogP contribution is 2.25. The maximum atomic E-state index is 13.2. The third-order valence-corrected chi connectivity index (χ3v) is 5.24. The fraction of sp³-hybridized carbons (Fsp3) is 0.143. The highest BCUT2D eigenvalue weighted by atomic mass is 32.2. The van der Waals surface area contributed by atoms with Gasteiger partial charge in [-0.2, -0.15) is 5.10 Å². The number of carbonyl (C=O) groups is 1. The molecule has 2 aromatic heterocycles. The van der Waals surface area contributed by atoms with Crippen molar-refractivity contribution in [2.45, 2.75) is 12.1 Å². The topological polar surface area (TPSA) is 101 Å². The Balaban J connectivity index is 1.53. The minimum atomic E-state index is -0.416. The van der Waals surface area contributed by atoms with Crippen LogP contribution in [0.25, 0.3) is 16.8 Å². The molecular weight excluding hydrogens is 421 g/mol. The van der Waals surface area contributed by atoms with Crippen molar-refractivity contribution >= 4 is 28.9 Å². The van der Waals surface area contributed by atoms with Gasteiger partial charge in [0.15, 0.2) is 0 Å². The number of nitrogens with zero attached hydrogens (tertiary/aromatic N) is 3. The highest BCUT2D eigenvalue weighted by Gasteiger charge is 2.14. The van der Waals surface area contributed by atoms with Crippen LogP contribution in [0.2, 0.25) is 0 Å². The minimum absolute atomic E-state index is 0.0420. The lowest BCUT2D eigenvalue weighted by molar-refractivity contribution is -0.113. The molecule has 158 valence electrons. The number of ether oxygens (including phenoxy) is 1. The van der Waals surface area contributed by atoms with Gasteiger partial charge in [0.25, 0.3) is 5.56 Å². The molecule has 0 fully saturated rings. The molecule has 4 aromatic rings. The first-order valence-electron chi connectivity index (χ1n) is 9.44. The predicted octanol–water partition coefficient (Wildman–Crippen LogP) is 3.35. The van der Waals surface area contributed by atoms with Gasteiger partial charge >= 0.3 is 0 Å². The summed E-state index contributed by atoms with van der Waals surface area (Å²) in [5.74, 6) is 0.00806. The molecule has 0 unspecified atom stereocenters. The van der Waals surface area contributed by atoms with E-state index in [1.807, 2.05) is 13.0 Å². The van der Waals surface area contributed by atoms with Crippen LogP contribution < -0.4 is 15.6 Å². The quantitative estimate of drug-likeness (QED) is 0.428. The molecule has 1 amide bonds. The Hall–Kier alpha value is -3.66. The van der Waals surface area contributed by atoms with Gasteiger partial charge in [-0.1, -0.05) is 23.9 Å². The average Bonchev–Trinajstić information content (AvgIpc) is 3.22. The van der Waals surface area contributed by atoms with Crippen molar-refractivity contribution in [2.24, 2.45) is 0 Å². The second kappa shape index (κ2) is 9.00. The number of amides is 1. The van der Waals surface area contributed by atoms with Gasteiger partial charge in [0.05, 0.1) is 23.7 Å². The maximum absolute atomic E-state index is 13.2. The van der Waals surface area contributed by atoms with Crippen LogP contribution in [0, 0.1) is 5.82 Å². The first-order chi connectivity index (χ1) is 15.0. The summed E-state index contributed by atoms with van der Waals surface area (Å²) >= 11 is 1.12. The van der Waals surface area contributed by atoms with E-state index in [1.165, 1.54) is 16.6 Å². The smallest absolute Gasteiger partial charge is 0.290 e. The Labute approximate surface area is 180 Å². The molecule has 0 aliphatic heterocycles. The Bertz CT molecular complexity index is 1290. The minimum Gasteiger partial charge on any atom is -0.492 e. The van der Waals surface area contributed by atoms with Crippen LogP contribution in [0.3, 0.4) is 0 Å². The molecule has 4 rings (SSSR count). The summed E-state index contributed by atoms with van der Waals surface area (Å²) in [6, 6.07) is 14.6. The molecule has 0 saturated carbocycles. The van der Waals surface area contributed by atoms with Crippen molar-refractivity contribution in [3.8, 4) is 17.0 Å². The first kappa shape index (κ1) is 20.6. The second-order valence-corrected chi connectivity index (χ2v) is 7.38. The molecule has 0 aliphatic carbocycles. The molecule has 2 N–H and O–H groups in total. The monoisotopic (exact) mass is 439 g/mol. The van der Waals surface area contributed by atoms with Gasteiger partial charge < -0.3 is 10.1 Å². The molecule has 0 bridgehead atoms. The summed E-state index contributed by atoms with van der Waals surface area (Å²) in [4.78, 5) is 24.6. The number of halogens is 1. The molecule has 0 spiro atoms.